The van der Waals surface area contributed by atoms with Crippen molar-refractivity contribution in [2.45, 2.75) is 39.0 Å². The van der Waals surface area contributed by atoms with Crippen molar-refractivity contribution in [3.63, 3.8) is 0 Å². The molecule has 2 atom stereocenters. The van der Waals surface area contributed by atoms with Crippen molar-refractivity contribution in [1.29, 1.82) is 0 Å². The third-order valence-electron chi connectivity index (χ3n) is 4.16. The Morgan fingerprint density at radius 2 is 1.76 bits per heavy atom. The van der Waals surface area contributed by atoms with E-state index in [1.165, 1.54) is 11.3 Å². The van der Waals surface area contributed by atoms with Gasteiger partial charge >= 0.3 is 0 Å². The van der Waals surface area contributed by atoms with Crippen molar-refractivity contribution in [2.75, 3.05) is 7.11 Å². The summed E-state index contributed by atoms with van der Waals surface area (Å²) in [5.74, 6) is 2.38. The summed E-state index contributed by atoms with van der Waals surface area (Å²) in [5, 5.41) is 0. The second-order valence-corrected chi connectivity index (χ2v) is 5.81. The van der Waals surface area contributed by atoms with Gasteiger partial charge in [-0.1, -0.05) is 39.0 Å². The number of rotatable bonds is 6. The van der Waals surface area contributed by atoms with E-state index >= 15 is 0 Å². The predicted molar refractivity (Wildman–Crippen MR) is 87.8 cm³/mol. The molecule has 0 unspecified atom stereocenters. The molecule has 2 nitrogen and oxygen atoms in total. The van der Waals surface area contributed by atoms with Crippen LogP contribution in [0.2, 0.25) is 0 Å². The van der Waals surface area contributed by atoms with E-state index in [4.69, 9.17) is 4.74 Å². The highest BCUT2D eigenvalue weighted by Gasteiger charge is 2.27. The topological polar surface area (TPSA) is 22.1 Å². The van der Waals surface area contributed by atoms with Crippen molar-refractivity contribution in [1.82, 2.24) is 4.98 Å². The summed E-state index contributed by atoms with van der Waals surface area (Å²) >= 11 is 0. The van der Waals surface area contributed by atoms with Gasteiger partial charge in [-0.15, -0.1) is 0 Å². The first-order valence-electron chi connectivity index (χ1n) is 7.72. The first-order valence-corrected chi connectivity index (χ1v) is 7.72. The maximum Gasteiger partial charge on any atom is 0.118 e. The average Bonchev–Trinajstić information content (AvgIpc) is 2.53. The Kier molecular flexibility index (Phi) is 5.38. The minimum Gasteiger partial charge on any atom is -0.497 e. The maximum absolute atomic E-state index is 5.27. The molecule has 0 spiro atoms. The molecule has 0 N–H and O–H groups in total. The number of pyridine rings is 1. The Labute approximate surface area is 128 Å². The van der Waals surface area contributed by atoms with Gasteiger partial charge in [0.1, 0.15) is 5.75 Å². The molecule has 1 aromatic heterocycles. The molecule has 2 heteroatoms. The van der Waals surface area contributed by atoms with Crippen LogP contribution in [0.1, 0.15) is 50.3 Å². The van der Waals surface area contributed by atoms with Crippen LogP contribution in [-0.2, 0) is 0 Å². The van der Waals surface area contributed by atoms with Crippen molar-refractivity contribution >= 4 is 0 Å². The highest BCUT2D eigenvalue weighted by atomic mass is 16.5. The summed E-state index contributed by atoms with van der Waals surface area (Å²) in [7, 11) is 1.71. The summed E-state index contributed by atoms with van der Waals surface area (Å²) in [4.78, 5) is 4.59. The summed E-state index contributed by atoms with van der Waals surface area (Å²) in [6.45, 7) is 6.83. The number of benzene rings is 1. The molecular formula is C19H25NO. The predicted octanol–water partition coefficient (Wildman–Crippen LogP) is 5.02. The van der Waals surface area contributed by atoms with Crippen molar-refractivity contribution in [3.05, 3.63) is 59.9 Å². The molecule has 0 aliphatic rings. The van der Waals surface area contributed by atoms with Gasteiger partial charge < -0.3 is 4.74 Å². The zero-order chi connectivity index (χ0) is 15.2. The standard InChI is InChI=1S/C19H25NO/c1-5-17(18-8-6-7-13-20-18)19(14(2)3)15-9-11-16(21-4)12-10-15/h6-14,17,19H,5H2,1-4H3/t17-,19-/m1/s1. The zero-order valence-electron chi connectivity index (χ0n) is 13.4. The minimum absolute atomic E-state index is 0.444. The first kappa shape index (κ1) is 15.6. The van der Waals surface area contributed by atoms with Crippen molar-refractivity contribution in [2.24, 2.45) is 5.92 Å². The van der Waals surface area contributed by atoms with E-state index in [2.05, 4.69) is 62.2 Å². The van der Waals surface area contributed by atoms with Crippen LogP contribution in [0.3, 0.4) is 0 Å². The molecule has 0 radical (unpaired) electrons. The Bertz CT molecular complexity index is 533. The molecule has 0 amide bonds. The van der Waals surface area contributed by atoms with Gasteiger partial charge in [-0.25, -0.2) is 0 Å². The molecule has 0 saturated heterocycles. The molecule has 0 saturated carbocycles. The number of hydrogen-bond donors (Lipinski definition) is 0. The monoisotopic (exact) mass is 283 g/mol. The molecule has 112 valence electrons. The molecule has 0 aliphatic heterocycles. The summed E-state index contributed by atoms with van der Waals surface area (Å²) in [6, 6.07) is 14.7. The number of methoxy groups -OCH3 is 1. The lowest BCUT2D eigenvalue weighted by molar-refractivity contribution is 0.400. The van der Waals surface area contributed by atoms with E-state index in [9.17, 15) is 0 Å². The second kappa shape index (κ2) is 7.26. The van der Waals surface area contributed by atoms with Gasteiger partial charge in [0.2, 0.25) is 0 Å². The van der Waals surface area contributed by atoms with Gasteiger partial charge in [-0.3, -0.25) is 4.98 Å². The van der Waals surface area contributed by atoms with Crippen LogP contribution in [0.4, 0.5) is 0 Å². The molecule has 0 bridgehead atoms. The number of aromatic nitrogens is 1. The van der Waals surface area contributed by atoms with Crippen molar-refractivity contribution in [3.8, 4) is 5.75 Å². The van der Waals surface area contributed by atoms with Crippen molar-refractivity contribution < 1.29 is 4.74 Å². The molecule has 1 heterocycles. The quantitative estimate of drug-likeness (QED) is 0.742. The van der Waals surface area contributed by atoms with Gasteiger partial charge in [0, 0.05) is 17.8 Å². The molecule has 21 heavy (non-hydrogen) atoms. The van der Waals surface area contributed by atoms with Crippen LogP contribution in [0.5, 0.6) is 5.75 Å². The lowest BCUT2D eigenvalue weighted by Crippen LogP contribution is -2.17. The molecule has 1 aromatic carbocycles. The molecule has 2 aromatic rings. The third kappa shape index (κ3) is 3.63. The average molecular weight is 283 g/mol. The minimum atomic E-state index is 0.444. The highest BCUT2D eigenvalue weighted by molar-refractivity contribution is 5.32. The van der Waals surface area contributed by atoms with Gasteiger partial charge in [0.15, 0.2) is 0 Å². The summed E-state index contributed by atoms with van der Waals surface area (Å²) in [6.07, 6.45) is 2.98. The first-order chi connectivity index (χ1) is 10.2. The molecule has 0 aliphatic carbocycles. The summed E-state index contributed by atoms with van der Waals surface area (Å²) < 4.78 is 5.27. The highest BCUT2D eigenvalue weighted by Crippen LogP contribution is 2.40. The van der Waals surface area contributed by atoms with Crippen LogP contribution >= 0.6 is 0 Å². The van der Waals surface area contributed by atoms with Crippen LogP contribution < -0.4 is 4.74 Å². The fraction of sp³-hybridized carbons (Fsp3) is 0.421. The molecule has 0 fully saturated rings. The normalized spacial score (nSPS) is 14.0. The van der Waals surface area contributed by atoms with E-state index in [-0.39, 0.29) is 0 Å². The van der Waals surface area contributed by atoms with Crippen LogP contribution in [-0.4, -0.2) is 12.1 Å². The largest absolute Gasteiger partial charge is 0.497 e. The molecular weight excluding hydrogens is 258 g/mol. The van der Waals surface area contributed by atoms with E-state index in [0.29, 0.717) is 17.8 Å². The number of hydrogen-bond acceptors (Lipinski definition) is 2. The number of nitrogens with zero attached hydrogens (tertiary/aromatic N) is 1. The fourth-order valence-corrected chi connectivity index (χ4v) is 3.15. The Balaban J connectivity index is 2.36. The van der Waals surface area contributed by atoms with E-state index in [0.717, 1.165) is 12.2 Å². The van der Waals surface area contributed by atoms with E-state index in [1.807, 2.05) is 12.3 Å². The lowest BCUT2D eigenvalue weighted by Gasteiger charge is -2.30. The number of ether oxygens (including phenoxy) is 1. The summed E-state index contributed by atoms with van der Waals surface area (Å²) in [5.41, 5.74) is 2.55. The second-order valence-electron chi connectivity index (χ2n) is 5.81. The van der Waals surface area contributed by atoms with Gasteiger partial charge in [-0.05, 0) is 48.1 Å². The van der Waals surface area contributed by atoms with Gasteiger partial charge in [-0.2, -0.15) is 0 Å². The van der Waals surface area contributed by atoms with E-state index < -0.39 is 0 Å². The molecule has 2 rings (SSSR count). The van der Waals surface area contributed by atoms with Crippen LogP contribution in [0.25, 0.3) is 0 Å². The van der Waals surface area contributed by atoms with Gasteiger partial charge in [0.05, 0.1) is 7.11 Å². The maximum atomic E-state index is 5.27. The van der Waals surface area contributed by atoms with Crippen LogP contribution in [0, 0.1) is 5.92 Å². The van der Waals surface area contributed by atoms with E-state index in [1.54, 1.807) is 7.11 Å². The van der Waals surface area contributed by atoms with Gasteiger partial charge in [0.25, 0.3) is 0 Å². The Morgan fingerprint density at radius 3 is 2.24 bits per heavy atom. The third-order valence-corrected chi connectivity index (χ3v) is 4.16. The Morgan fingerprint density at radius 1 is 1.05 bits per heavy atom. The SMILES string of the molecule is CC[C@H](c1ccccn1)[C@@H](c1ccc(OC)cc1)C(C)C. The fourth-order valence-electron chi connectivity index (χ4n) is 3.15. The smallest absolute Gasteiger partial charge is 0.118 e. The zero-order valence-corrected chi connectivity index (χ0v) is 13.4. The van der Waals surface area contributed by atoms with Crippen LogP contribution in [0.15, 0.2) is 48.7 Å². The Hall–Kier alpha value is -1.83. The lowest BCUT2D eigenvalue weighted by atomic mass is 9.75.